The Labute approximate surface area is 212 Å². The molecule has 3 N–H and O–H groups in total. The number of carbonyl (C=O) groups is 3. The minimum atomic E-state index is -1.76. The van der Waals surface area contributed by atoms with Crippen molar-refractivity contribution in [2.24, 2.45) is 0 Å². The van der Waals surface area contributed by atoms with Crippen molar-refractivity contribution >= 4 is 18.0 Å². The summed E-state index contributed by atoms with van der Waals surface area (Å²) in [7, 11) is 4.42. The van der Waals surface area contributed by atoms with E-state index in [0.29, 0.717) is 22.8 Å². The van der Waals surface area contributed by atoms with E-state index in [1.807, 2.05) is 0 Å². The first-order chi connectivity index (χ1) is 16.4. The van der Waals surface area contributed by atoms with E-state index in [2.05, 4.69) is 10.6 Å². The number of ether oxygens (including phenoxy) is 5. The van der Waals surface area contributed by atoms with Gasteiger partial charge in [0.05, 0.1) is 33.4 Å². The number of rotatable bonds is 10. The molecule has 0 aliphatic rings. The highest BCUT2D eigenvalue weighted by Crippen LogP contribution is 2.34. The molecule has 36 heavy (non-hydrogen) atoms. The average Bonchev–Trinajstić information content (AvgIpc) is 2.73. The van der Waals surface area contributed by atoms with Crippen LogP contribution in [-0.4, -0.2) is 67.3 Å². The maximum atomic E-state index is 13.0. The lowest BCUT2D eigenvalue weighted by Crippen LogP contribution is -2.58. The summed E-state index contributed by atoms with van der Waals surface area (Å²) in [5, 5.41) is 15.7. The number of esters is 1. The maximum absolute atomic E-state index is 13.0. The number of nitrogens with one attached hydrogen (secondary N) is 2. The summed E-state index contributed by atoms with van der Waals surface area (Å²) in [6.45, 7) is 11.3. The SMILES string of the molecule is COc1cc(OC)c(CNC(=O)C(O)C[C@](C)(NC(=O)OC(C)(C)C)C(=O)OC(C)(C)C)c(OC)c1. The molecule has 11 heteroatoms. The summed E-state index contributed by atoms with van der Waals surface area (Å²) >= 11 is 0. The van der Waals surface area contributed by atoms with Crippen LogP contribution in [0.25, 0.3) is 0 Å². The van der Waals surface area contributed by atoms with Crippen LogP contribution in [0.15, 0.2) is 12.1 Å². The van der Waals surface area contributed by atoms with Crippen molar-refractivity contribution in [2.45, 2.75) is 84.3 Å². The zero-order valence-electron chi connectivity index (χ0n) is 22.9. The van der Waals surface area contributed by atoms with Crippen LogP contribution >= 0.6 is 0 Å². The van der Waals surface area contributed by atoms with Crippen molar-refractivity contribution < 1.29 is 43.2 Å². The predicted octanol–water partition coefficient (Wildman–Crippen LogP) is 2.70. The van der Waals surface area contributed by atoms with Crippen molar-refractivity contribution in [2.75, 3.05) is 21.3 Å². The third-order valence-electron chi connectivity index (χ3n) is 4.79. The van der Waals surface area contributed by atoms with Crippen molar-refractivity contribution in [3.8, 4) is 17.2 Å². The zero-order chi connectivity index (χ0) is 27.9. The molecule has 1 rings (SSSR count). The minimum absolute atomic E-state index is 0.0467. The Bertz CT molecular complexity index is 909. The number of hydrogen-bond donors (Lipinski definition) is 3. The van der Waals surface area contributed by atoms with E-state index in [0.717, 1.165) is 0 Å². The fourth-order valence-electron chi connectivity index (χ4n) is 3.13. The van der Waals surface area contributed by atoms with E-state index < -0.39 is 47.2 Å². The molecule has 0 saturated carbocycles. The summed E-state index contributed by atoms with van der Waals surface area (Å²) in [6.07, 6.45) is -3.03. The van der Waals surface area contributed by atoms with Gasteiger partial charge in [0, 0.05) is 18.6 Å². The second kappa shape index (κ2) is 12.2. The van der Waals surface area contributed by atoms with Crippen LogP contribution in [-0.2, 0) is 25.6 Å². The number of amides is 2. The van der Waals surface area contributed by atoms with Crippen LogP contribution in [0.5, 0.6) is 17.2 Å². The van der Waals surface area contributed by atoms with Gasteiger partial charge in [0.1, 0.15) is 40.1 Å². The molecule has 0 bridgehead atoms. The van der Waals surface area contributed by atoms with Crippen molar-refractivity contribution in [1.29, 1.82) is 0 Å². The van der Waals surface area contributed by atoms with Crippen LogP contribution in [0.2, 0.25) is 0 Å². The molecule has 2 atom stereocenters. The Balaban J connectivity index is 3.08. The summed E-state index contributed by atoms with van der Waals surface area (Å²) in [6, 6.07) is 3.26. The number of aliphatic hydroxyl groups is 1. The quantitative estimate of drug-likeness (QED) is 0.403. The second-order valence-corrected chi connectivity index (χ2v) is 10.4. The van der Waals surface area contributed by atoms with Gasteiger partial charge in [-0.15, -0.1) is 0 Å². The molecule has 0 aromatic heterocycles. The van der Waals surface area contributed by atoms with Crippen LogP contribution in [0.4, 0.5) is 4.79 Å². The van der Waals surface area contributed by atoms with Crippen LogP contribution in [0, 0.1) is 0 Å². The van der Waals surface area contributed by atoms with Gasteiger partial charge in [-0.2, -0.15) is 0 Å². The average molecular weight is 513 g/mol. The summed E-state index contributed by atoms with van der Waals surface area (Å²) < 4.78 is 26.6. The van der Waals surface area contributed by atoms with Crippen LogP contribution < -0.4 is 24.8 Å². The molecule has 0 aliphatic carbocycles. The Hall–Kier alpha value is -3.21. The van der Waals surface area contributed by atoms with Gasteiger partial charge in [-0.25, -0.2) is 9.59 Å². The van der Waals surface area contributed by atoms with Crippen molar-refractivity contribution in [1.82, 2.24) is 10.6 Å². The highest BCUT2D eigenvalue weighted by molar-refractivity contribution is 5.88. The molecule has 0 heterocycles. The molecular formula is C25H40N2O9. The Morgan fingerprint density at radius 3 is 1.78 bits per heavy atom. The molecule has 1 aromatic carbocycles. The molecule has 11 nitrogen and oxygen atoms in total. The predicted molar refractivity (Wildman–Crippen MR) is 132 cm³/mol. The van der Waals surface area contributed by atoms with E-state index in [1.165, 1.54) is 28.3 Å². The molecule has 0 saturated heterocycles. The van der Waals surface area contributed by atoms with Gasteiger partial charge in [-0.05, 0) is 48.5 Å². The molecule has 0 aliphatic heterocycles. The van der Waals surface area contributed by atoms with Crippen LogP contribution in [0.1, 0.15) is 60.5 Å². The molecular weight excluding hydrogens is 472 g/mol. The van der Waals surface area contributed by atoms with Crippen molar-refractivity contribution in [3.05, 3.63) is 17.7 Å². The lowest BCUT2D eigenvalue weighted by Gasteiger charge is -2.34. The molecule has 204 valence electrons. The first-order valence-corrected chi connectivity index (χ1v) is 11.4. The van der Waals surface area contributed by atoms with Gasteiger partial charge in [0.15, 0.2) is 0 Å². The molecule has 2 amide bonds. The van der Waals surface area contributed by atoms with Gasteiger partial charge < -0.3 is 39.4 Å². The summed E-state index contributed by atoms with van der Waals surface area (Å²) in [5.74, 6) is -0.292. The van der Waals surface area contributed by atoms with Gasteiger partial charge in [-0.1, -0.05) is 0 Å². The maximum Gasteiger partial charge on any atom is 0.408 e. The van der Waals surface area contributed by atoms with E-state index in [1.54, 1.807) is 53.7 Å². The Kier molecular flexibility index (Phi) is 10.4. The summed E-state index contributed by atoms with van der Waals surface area (Å²) in [4.78, 5) is 38.2. The minimum Gasteiger partial charge on any atom is -0.496 e. The van der Waals surface area contributed by atoms with Crippen molar-refractivity contribution in [3.63, 3.8) is 0 Å². The van der Waals surface area contributed by atoms with E-state index >= 15 is 0 Å². The topological polar surface area (TPSA) is 142 Å². The number of methoxy groups -OCH3 is 3. The lowest BCUT2D eigenvalue weighted by molar-refractivity contribution is -0.164. The van der Waals surface area contributed by atoms with Gasteiger partial charge in [0.25, 0.3) is 0 Å². The first kappa shape index (κ1) is 30.8. The van der Waals surface area contributed by atoms with E-state index in [-0.39, 0.29) is 6.54 Å². The normalized spacial score (nSPS) is 14.1. The lowest BCUT2D eigenvalue weighted by atomic mass is 9.93. The number of benzene rings is 1. The molecule has 0 spiro atoms. The number of aliphatic hydroxyl groups excluding tert-OH is 1. The van der Waals surface area contributed by atoms with E-state index in [4.69, 9.17) is 23.7 Å². The highest BCUT2D eigenvalue weighted by Gasteiger charge is 2.43. The molecule has 0 radical (unpaired) electrons. The standard InChI is InChI=1S/C25H40N2O9/c1-23(2,3)35-21(30)25(7,27-22(31)36-24(4,5)6)13-17(28)20(29)26-14-16-18(33-9)11-15(32-8)12-19(16)34-10/h11-12,17,28H,13-14H2,1-10H3,(H,26,29)(H,27,31)/t17?,25-/m0/s1. The third-order valence-corrected chi connectivity index (χ3v) is 4.79. The third kappa shape index (κ3) is 9.44. The number of carbonyl (C=O) groups excluding carboxylic acids is 3. The summed E-state index contributed by atoms with van der Waals surface area (Å²) in [5.41, 5.74) is -2.95. The molecule has 1 unspecified atom stereocenters. The fraction of sp³-hybridized carbons (Fsp3) is 0.640. The van der Waals surface area contributed by atoms with Crippen LogP contribution in [0.3, 0.4) is 0 Å². The number of alkyl carbamates (subject to hydrolysis) is 1. The smallest absolute Gasteiger partial charge is 0.408 e. The molecule has 1 aromatic rings. The largest absolute Gasteiger partial charge is 0.496 e. The van der Waals surface area contributed by atoms with Gasteiger partial charge >= 0.3 is 12.1 Å². The van der Waals surface area contributed by atoms with Gasteiger partial charge in [-0.3, -0.25) is 4.79 Å². The first-order valence-electron chi connectivity index (χ1n) is 11.4. The van der Waals surface area contributed by atoms with E-state index in [9.17, 15) is 19.5 Å². The second-order valence-electron chi connectivity index (χ2n) is 10.4. The fourth-order valence-corrected chi connectivity index (χ4v) is 3.13. The Morgan fingerprint density at radius 2 is 1.36 bits per heavy atom. The molecule has 0 fully saturated rings. The Morgan fingerprint density at radius 1 is 0.861 bits per heavy atom. The zero-order valence-corrected chi connectivity index (χ0v) is 22.9. The number of hydrogen-bond acceptors (Lipinski definition) is 9. The highest BCUT2D eigenvalue weighted by atomic mass is 16.6. The monoisotopic (exact) mass is 512 g/mol. The van der Waals surface area contributed by atoms with Gasteiger partial charge in [0.2, 0.25) is 5.91 Å².